The minimum atomic E-state index is 0.116. The van der Waals surface area contributed by atoms with Gasteiger partial charge in [0, 0.05) is 32.6 Å². The van der Waals surface area contributed by atoms with Gasteiger partial charge in [-0.2, -0.15) is 0 Å². The summed E-state index contributed by atoms with van der Waals surface area (Å²) in [6, 6.07) is 5.39. The number of hydrogen-bond donors (Lipinski definition) is 0. The van der Waals surface area contributed by atoms with E-state index in [9.17, 15) is 4.79 Å². The van der Waals surface area contributed by atoms with Crippen LogP contribution in [0.25, 0.3) is 5.82 Å². The van der Waals surface area contributed by atoms with E-state index in [1.807, 2.05) is 37.3 Å². The van der Waals surface area contributed by atoms with Crippen LogP contribution >= 0.6 is 11.6 Å². The Bertz CT molecular complexity index is 791. The maximum atomic E-state index is 12.5. The Kier molecular flexibility index (Phi) is 7.02. The average molecular weight is 405 g/mol. The normalized spacial score (nSPS) is 15.5. The van der Waals surface area contributed by atoms with Crippen LogP contribution in [-0.4, -0.2) is 62.9 Å². The molecule has 0 aliphatic heterocycles. The van der Waals surface area contributed by atoms with Crippen LogP contribution in [0.3, 0.4) is 0 Å². The number of pyridine rings is 1. The van der Waals surface area contributed by atoms with E-state index in [2.05, 4.69) is 27.1 Å². The second-order valence-electron chi connectivity index (χ2n) is 7.90. The molecule has 1 aliphatic carbocycles. The summed E-state index contributed by atoms with van der Waals surface area (Å²) in [6.07, 6.45) is 6.78. The second kappa shape index (κ2) is 9.47. The molecule has 1 aliphatic rings. The molecule has 1 amide bonds. The van der Waals surface area contributed by atoms with Gasteiger partial charge >= 0.3 is 0 Å². The lowest BCUT2D eigenvalue weighted by atomic mass is 9.79. The van der Waals surface area contributed by atoms with Gasteiger partial charge in [0.25, 0.3) is 0 Å². The molecule has 3 rings (SSSR count). The third-order valence-electron chi connectivity index (χ3n) is 5.43. The minimum absolute atomic E-state index is 0.116. The maximum Gasteiger partial charge on any atom is 0.225 e. The van der Waals surface area contributed by atoms with Gasteiger partial charge in [-0.3, -0.25) is 9.69 Å². The predicted molar refractivity (Wildman–Crippen MR) is 109 cm³/mol. The average Bonchev–Trinajstić information content (AvgIpc) is 3.10. The highest BCUT2D eigenvalue weighted by Crippen LogP contribution is 2.32. The van der Waals surface area contributed by atoms with Gasteiger partial charge in [-0.25, -0.2) is 9.67 Å². The first-order chi connectivity index (χ1) is 13.4. The number of aromatic nitrogens is 4. The monoisotopic (exact) mass is 404 g/mol. The lowest BCUT2D eigenvalue weighted by Crippen LogP contribution is -2.38. The fourth-order valence-electron chi connectivity index (χ4n) is 3.50. The number of hydrogen-bond acceptors (Lipinski definition) is 5. The van der Waals surface area contributed by atoms with Crippen molar-refractivity contribution >= 4 is 17.5 Å². The van der Waals surface area contributed by atoms with E-state index in [0.29, 0.717) is 24.1 Å². The van der Waals surface area contributed by atoms with Crippen molar-refractivity contribution < 1.29 is 4.79 Å². The third kappa shape index (κ3) is 5.52. The van der Waals surface area contributed by atoms with Crippen molar-refractivity contribution in [2.24, 2.45) is 11.8 Å². The molecule has 2 aromatic rings. The highest BCUT2D eigenvalue weighted by atomic mass is 35.5. The summed E-state index contributed by atoms with van der Waals surface area (Å²) in [5.74, 6) is 1.76. The first-order valence-corrected chi connectivity index (χ1v) is 10.3. The molecule has 0 saturated heterocycles. The molecule has 152 valence electrons. The van der Waals surface area contributed by atoms with E-state index in [-0.39, 0.29) is 11.8 Å². The molecule has 0 radical (unpaired) electrons. The van der Waals surface area contributed by atoms with Crippen molar-refractivity contribution in [3.63, 3.8) is 0 Å². The second-order valence-corrected chi connectivity index (χ2v) is 8.29. The SMILES string of the molecule is CC(CC1CCC1)C(=O)N(C)CCN(C)Cc1cn(-c2cccc(Cl)n2)nn1. The molecule has 8 heteroatoms. The Morgan fingerprint density at radius 2 is 2.11 bits per heavy atom. The van der Waals surface area contributed by atoms with Crippen LogP contribution in [0.15, 0.2) is 24.4 Å². The zero-order valence-corrected chi connectivity index (χ0v) is 17.6. The first-order valence-electron chi connectivity index (χ1n) is 9.90. The topological polar surface area (TPSA) is 67.2 Å². The number of nitrogens with zero attached hydrogens (tertiary/aromatic N) is 6. The molecule has 0 N–H and O–H groups in total. The number of amides is 1. The number of rotatable bonds is 9. The molecule has 1 saturated carbocycles. The Morgan fingerprint density at radius 1 is 1.32 bits per heavy atom. The van der Waals surface area contributed by atoms with Crippen LogP contribution in [0, 0.1) is 11.8 Å². The van der Waals surface area contributed by atoms with E-state index >= 15 is 0 Å². The van der Waals surface area contributed by atoms with Gasteiger partial charge in [0.15, 0.2) is 5.82 Å². The smallest absolute Gasteiger partial charge is 0.225 e. The van der Waals surface area contributed by atoms with E-state index in [1.165, 1.54) is 19.3 Å². The van der Waals surface area contributed by atoms with Crippen molar-refractivity contribution in [2.45, 2.75) is 39.2 Å². The molecule has 28 heavy (non-hydrogen) atoms. The van der Waals surface area contributed by atoms with Crippen LogP contribution in [0.1, 0.15) is 38.3 Å². The zero-order chi connectivity index (χ0) is 20.1. The molecule has 0 bridgehead atoms. The number of likely N-dealkylation sites (N-methyl/N-ethyl adjacent to an activating group) is 2. The standard InChI is InChI=1S/C20H29ClN6O/c1-15(12-16-6-4-7-16)20(28)26(3)11-10-25(2)13-17-14-27(24-23-17)19-9-5-8-18(21)22-19/h5,8-9,14-16H,4,6-7,10-13H2,1-3H3. The van der Waals surface area contributed by atoms with Crippen LogP contribution < -0.4 is 0 Å². The number of carbonyl (C=O) groups excluding carboxylic acids is 1. The molecule has 1 unspecified atom stereocenters. The predicted octanol–water partition coefficient (Wildman–Crippen LogP) is 3.03. The summed E-state index contributed by atoms with van der Waals surface area (Å²) in [4.78, 5) is 20.8. The van der Waals surface area contributed by atoms with Gasteiger partial charge in [-0.1, -0.05) is 49.1 Å². The molecule has 1 atom stereocenters. The molecule has 0 aromatic carbocycles. The summed E-state index contributed by atoms with van der Waals surface area (Å²) in [5.41, 5.74) is 0.844. The summed E-state index contributed by atoms with van der Waals surface area (Å²) < 4.78 is 1.62. The van der Waals surface area contributed by atoms with Crippen LogP contribution in [0.5, 0.6) is 0 Å². The largest absolute Gasteiger partial charge is 0.344 e. The Morgan fingerprint density at radius 3 is 2.79 bits per heavy atom. The lowest BCUT2D eigenvalue weighted by Gasteiger charge is -2.30. The fraction of sp³-hybridized carbons (Fsp3) is 0.600. The van der Waals surface area contributed by atoms with Crippen molar-refractivity contribution in [3.8, 4) is 5.82 Å². The van der Waals surface area contributed by atoms with Gasteiger partial charge in [-0.15, -0.1) is 5.10 Å². The zero-order valence-electron chi connectivity index (χ0n) is 16.9. The van der Waals surface area contributed by atoms with Gasteiger partial charge < -0.3 is 4.90 Å². The maximum absolute atomic E-state index is 12.5. The summed E-state index contributed by atoms with van der Waals surface area (Å²) in [5, 5.41) is 8.75. The number of halogens is 1. The fourth-order valence-corrected chi connectivity index (χ4v) is 3.66. The van der Waals surface area contributed by atoms with Gasteiger partial charge in [0.2, 0.25) is 5.91 Å². The van der Waals surface area contributed by atoms with Crippen molar-refractivity contribution in [1.82, 2.24) is 29.8 Å². The van der Waals surface area contributed by atoms with Crippen LogP contribution in [0.4, 0.5) is 0 Å². The number of carbonyl (C=O) groups is 1. The van der Waals surface area contributed by atoms with E-state index in [1.54, 1.807) is 10.7 Å². The molecular formula is C20H29ClN6O. The first kappa shape index (κ1) is 20.7. The van der Waals surface area contributed by atoms with Crippen LogP contribution in [-0.2, 0) is 11.3 Å². The molecule has 7 nitrogen and oxygen atoms in total. The molecular weight excluding hydrogens is 376 g/mol. The van der Waals surface area contributed by atoms with Crippen LogP contribution in [0.2, 0.25) is 5.15 Å². The highest BCUT2D eigenvalue weighted by Gasteiger charge is 2.25. The summed E-state index contributed by atoms with van der Waals surface area (Å²) in [6.45, 7) is 4.19. The van der Waals surface area contributed by atoms with Gasteiger partial charge in [0.1, 0.15) is 5.15 Å². The van der Waals surface area contributed by atoms with E-state index < -0.39 is 0 Å². The quantitative estimate of drug-likeness (QED) is 0.601. The van der Waals surface area contributed by atoms with Crippen molar-refractivity contribution in [3.05, 3.63) is 35.2 Å². The third-order valence-corrected chi connectivity index (χ3v) is 5.64. The molecule has 2 aromatic heterocycles. The lowest BCUT2D eigenvalue weighted by molar-refractivity contribution is -0.134. The Hall–Kier alpha value is -1.99. The van der Waals surface area contributed by atoms with Crippen molar-refractivity contribution in [2.75, 3.05) is 27.2 Å². The molecule has 0 spiro atoms. The molecule has 1 fully saturated rings. The summed E-state index contributed by atoms with van der Waals surface area (Å²) in [7, 11) is 3.92. The Labute approximate surface area is 171 Å². The summed E-state index contributed by atoms with van der Waals surface area (Å²) >= 11 is 5.93. The van der Waals surface area contributed by atoms with Gasteiger partial charge in [-0.05, 0) is 31.5 Å². The Balaban J connectivity index is 1.45. The van der Waals surface area contributed by atoms with Crippen molar-refractivity contribution in [1.29, 1.82) is 0 Å². The molecule has 2 heterocycles. The van der Waals surface area contributed by atoms with Gasteiger partial charge in [0.05, 0.1) is 11.9 Å². The minimum Gasteiger partial charge on any atom is -0.344 e. The van der Waals surface area contributed by atoms with E-state index in [4.69, 9.17) is 11.6 Å². The highest BCUT2D eigenvalue weighted by molar-refractivity contribution is 6.29. The van der Waals surface area contributed by atoms with E-state index in [0.717, 1.165) is 24.6 Å².